The maximum Gasteiger partial charge on any atom is 0.265 e. The summed E-state index contributed by atoms with van der Waals surface area (Å²) >= 11 is 6.06. The lowest BCUT2D eigenvalue weighted by molar-refractivity contribution is -0.121. The molecule has 2 aromatic rings. The summed E-state index contributed by atoms with van der Waals surface area (Å²) in [5.74, 6) is -0.555. The highest BCUT2D eigenvalue weighted by Crippen LogP contribution is 2.36. The van der Waals surface area contributed by atoms with E-state index in [1.807, 2.05) is 0 Å². The van der Waals surface area contributed by atoms with E-state index in [0.29, 0.717) is 17.1 Å². The van der Waals surface area contributed by atoms with Crippen LogP contribution in [0.25, 0.3) is 0 Å². The topological polar surface area (TPSA) is 58.6 Å². The molecule has 1 aliphatic heterocycles. The van der Waals surface area contributed by atoms with Crippen LogP contribution >= 0.6 is 11.6 Å². The molecule has 1 N–H and O–H groups in total. The van der Waals surface area contributed by atoms with Gasteiger partial charge in [-0.2, -0.15) is 0 Å². The Kier molecular flexibility index (Phi) is 4.40. The maximum absolute atomic E-state index is 14.0. The van der Waals surface area contributed by atoms with Gasteiger partial charge in [0.25, 0.3) is 5.91 Å². The highest BCUT2D eigenvalue weighted by atomic mass is 35.5. The Hall–Kier alpha value is -2.60. The molecule has 3 rings (SSSR count). The van der Waals surface area contributed by atoms with Gasteiger partial charge in [-0.15, -0.1) is 0 Å². The normalized spacial score (nSPS) is 13.3. The van der Waals surface area contributed by atoms with Crippen LogP contribution in [0.1, 0.15) is 12.5 Å². The van der Waals surface area contributed by atoms with Gasteiger partial charge >= 0.3 is 0 Å². The number of hydrogen-bond acceptors (Lipinski definition) is 3. The Morgan fingerprint density at radius 2 is 2.17 bits per heavy atom. The Bertz CT molecular complexity index is 805. The molecule has 0 spiro atoms. The third kappa shape index (κ3) is 3.19. The zero-order valence-corrected chi connectivity index (χ0v) is 13.6. The average molecular weight is 349 g/mol. The molecular weight excluding hydrogens is 335 g/mol. The van der Waals surface area contributed by atoms with E-state index in [1.54, 1.807) is 24.3 Å². The smallest absolute Gasteiger partial charge is 0.265 e. The lowest BCUT2D eigenvalue weighted by Gasteiger charge is -2.30. The zero-order chi connectivity index (χ0) is 17.3. The van der Waals surface area contributed by atoms with E-state index in [0.717, 1.165) is 0 Å². The van der Waals surface area contributed by atoms with Crippen LogP contribution in [-0.2, 0) is 16.1 Å². The lowest BCUT2D eigenvalue weighted by atomic mass is 10.1. The van der Waals surface area contributed by atoms with Crippen LogP contribution in [0.2, 0.25) is 5.02 Å². The number of nitrogens with one attached hydrogen (secondary N) is 1. The summed E-state index contributed by atoms with van der Waals surface area (Å²) in [7, 11) is 0. The molecule has 0 saturated carbocycles. The van der Waals surface area contributed by atoms with Crippen molar-refractivity contribution in [2.75, 3.05) is 16.8 Å². The molecule has 7 heteroatoms. The second-order valence-electron chi connectivity index (χ2n) is 5.33. The fourth-order valence-electron chi connectivity index (χ4n) is 2.50. The van der Waals surface area contributed by atoms with Crippen LogP contribution in [0.4, 0.5) is 15.8 Å². The Morgan fingerprint density at radius 3 is 2.88 bits per heavy atom. The fraction of sp³-hybridized carbons (Fsp3) is 0.176. The number of carbonyl (C=O) groups excluding carboxylic acids is 2. The van der Waals surface area contributed by atoms with Gasteiger partial charge in [0.2, 0.25) is 5.91 Å². The summed E-state index contributed by atoms with van der Waals surface area (Å²) in [6, 6.07) is 9.31. The number of carbonyl (C=O) groups is 2. The molecule has 5 nitrogen and oxygen atoms in total. The predicted molar refractivity (Wildman–Crippen MR) is 88.8 cm³/mol. The van der Waals surface area contributed by atoms with E-state index in [1.165, 1.54) is 24.0 Å². The van der Waals surface area contributed by atoms with Gasteiger partial charge in [0, 0.05) is 23.2 Å². The number of amides is 2. The van der Waals surface area contributed by atoms with Gasteiger partial charge in [0.15, 0.2) is 6.61 Å². The first kappa shape index (κ1) is 16.3. The molecule has 0 fully saturated rings. The minimum atomic E-state index is -0.485. The molecule has 1 aliphatic rings. The van der Waals surface area contributed by atoms with Crippen LogP contribution in [0.3, 0.4) is 0 Å². The third-order valence-corrected chi connectivity index (χ3v) is 3.95. The molecule has 0 unspecified atom stereocenters. The lowest BCUT2D eigenvalue weighted by Crippen LogP contribution is -2.38. The molecule has 2 amide bonds. The van der Waals surface area contributed by atoms with Crippen LogP contribution in [0.15, 0.2) is 36.4 Å². The maximum atomic E-state index is 14.0. The van der Waals surface area contributed by atoms with Crippen molar-refractivity contribution in [2.45, 2.75) is 13.5 Å². The molecule has 24 heavy (non-hydrogen) atoms. The first-order valence-electron chi connectivity index (χ1n) is 7.23. The van der Waals surface area contributed by atoms with Crippen molar-refractivity contribution in [1.82, 2.24) is 0 Å². The third-order valence-electron chi connectivity index (χ3n) is 3.60. The molecule has 0 atom stereocenters. The van der Waals surface area contributed by atoms with Gasteiger partial charge < -0.3 is 15.0 Å². The van der Waals surface area contributed by atoms with Gasteiger partial charge in [-0.3, -0.25) is 9.59 Å². The van der Waals surface area contributed by atoms with Crippen molar-refractivity contribution < 1.29 is 18.7 Å². The molecule has 0 bridgehead atoms. The van der Waals surface area contributed by atoms with E-state index in [4.69, 9.17) is 16.3 Å². The number of halogens is 2. The largest absolute Gasteiger partial charge is 0.482 e. The van der Waals surface area contributed by atoms with E-state index in [9.17, 15) is 14.0 Å². The molecule has 124 valence electrons. The van der Waals surface area contributed by atoms with Gasteiger partial charge in [0.05, 0.1) is 12.2 Å². The van der Waals surface area contributed by atoms with Gasteiger partial charge in [-0.1, -0.05) is 17.7 Å². The first-order chi connectivity index (χ1) is 11.5. The standard InChI is InChI=1S/C17H14ClFN2O3/c1-10(22)20-11-5-6-16-15(7-11)21(17(23)9-24-16)8-12-13(18)3-2-4-14(12)19/h2-7H,8-9H2,1H3,(H,20,22). The van der Waals surface area contributed by atoms with Crippen molar-refractivity contribution in [2.24, 2.45) is 0 Å². The van der Waals surface area contributed by atoms with Crippen LogP contribution in [0, 0.1) is 5.82 Å². The highest BCUT2D eigenvalue weighted by molar-refractivity contribution is 6.31. The predicted octanol–water partition coefficient (Wildman–Crippen LogP) is 3.36. The number of nitrogens with zero attached hydrogens (tertiary/aromatic N) is 1. The van der Waals surface area contributed by atoms with E-state index >= 15 is 0 Å². The van der Waals surface area contributed by atoms with Crippen molar-refractivity contribution in [3.63, 3.8) is 0 Å². The quantitative estimate of drug-likeness (QED) is 0.925. The second-order valence-corrected chi connectivity index (χ2v) is 5.74. The van der Waals surface area contributed by atoms with Crippen molar-refractivity contribution in [3.8, 4) is 5.75 Å². The van der Waals surface area contributed by atoms with Crippen LogP contribution < -0.4 is 15.0 Å². The number of ether oxygens (including phenoxy) is 1. The van der Waals surface area contributed by atoms with E-state index in [2.05, 4.69) is 5.32 Å². The monoisotopic (exact) mass is 348 g/mol. The number of anilines is 2. The van der Waals surface area contributed by atoms with E-state index in [-0.39, 0.29) is 35.6 Å². The molecule has 0 radical (unpaired) electrons. The molecule has 0 aromatic heterocycles. The first-order valence-corrected chi connectivity index (χ1v) is 7.61. The van der Waals surface area contributed by atoms with E-state index < -0.39 is 5.82 Å². The highest BCUT2D eigenvalue weighted by Gasteiger charge is 2.27. The minimum absolute atomic E-state index is 0.0236. The van der Waals surface area contributed by atoms with Gasteiger partial charge in [-0.25, -0.2) is 4.39 Å². The SMILES string of the molecule is CC(=O)Nc1ccc2c(c1)N(Cc1c(F)cccc1Cl)C(=O)CO2. The number of hydrogen-bond donors (Lipinski definition) is 1. The summed E-state index contributed by atoms with van der Waals surface area (Å²) in [5.41, 5.74) is 1.20. The molecule has 0 aliphatic carbocycles. The van der Waals surface area contributed by atoms with Crippen LogP contribution in [0.5, 0.6) is 5.75 Å². The summed E-state index contributed by atoms with van der Waals surface area (Å²) in [6.45, 7) is 1.22. The molecule has 1 heterocycles. The summed E-state index contributed by atoms with van der Waals surface area (Å²) in [4.78, 5) is 24.9. The summed E-state index contributed by atoms with van der Waals surface area (Å²) in [6.07, 6.45) is 0. The summed E-state index contributed by atoms with van der Waals surface area (Å²) < 4.78 is 19.4. The summed E-state index contributed by atoms with van der Waals surface area (Å²) in [5, 5.41) is 2.89. The Labute approximate surface area is 143 Å². The average Bonchev–Trinajstić information content (AvgIpc) is 2.52. The number of benzene rings is 2. The van der Waals surface area contributed by atoms with Crippen molar-refractivity contribution >= 4 is 34.8 Å². The van der Waals surface area contributed by atoms with Gasteiger partial charge in [0.1, 0.15) is 11.6 Å². The molecular formula is C17H14ClFN2O3. The Balaban J connectivity index is 2.00. The minimum Gasteiger partial charge on any atom is -0.482 e. The second kappa shape index (κ2) is 6.49. The fourth-order valence-corrected chi connectivity index (χ4v) is 2.72. The zero-order valence-electron chi connectivity index (χ0n) is 12.8. The molecule has 0 saturated heterocycles. The number of fused-ring (bicyclic) bond motifs is 1. The Morgan fingerprint density at radius 1 is 1.38 bits per heavy atom. The number of rotatable bonds is 3. The van der Waals surface area contributed by atoms with Crippen LogP contribution in [-0.4, -0.2) is 18.4 Å². The van der Waals surface area contributed by atoms with Crippen molar-refractivity contribution in [3.05, 3.63) is 52.8 Å². The van der Waals surface area contributed by atoms with Crippen molar-refractivity contribution in [1.29, 1.82) is 0 Å². The molecule has 2 aromatic carbocycles. The van der Waals surface area contributed by atoms with Gasteiger partial charge in [-0.05, 0) is 30.3 Å².